The third kappa shape index (κ3) is 5.69. The van der Waals surface area contributed by atoms with Crippen molar-refractivity contribution < 1.29 is 41.4 Å². The van der Waals surface area contributed by atoms with Gasteiger partial charge < -0.3 is 25.4 Å². The molecular weight excluding hydrogens is 508 g/mol. The Bertz CT molecular complexity index is 1450. The number of benzene rings is 2. The Morgan fingerprint density at radius 1 is 1.05 bits per heavy atom. The predicted octanol–water partition coefficient (Wildman–Crippen LogP) is 4.54. The van der Waals surface area contributed by atoms with Crippen molar-refractivity contribution in [3.63, 3.8) is 0 Å². The Morgan fingerprint density at radius 2 is 1.68 bits per heavy atom. The molecule has 0 spiro atoms. The van der Waals surface area contributed by atoms with Crippen LogP contribution in [-0.4, -0.2) is 57.6 Å². The molecule has 0 unspecified atom stereocenters. The number of anilines is 2. The first-order valence-corrected chi connectivity index (χ1v) is 10.5. The Hall–Kier alpha value is -4.07. The summed E-state index contributed by atoms with van der Waals surface area (Å²) in [5.41, 5.74) is 6.57. The second-order valence-electron chi connectivity index (χ2n) is 7.96. The van der Waals surface area contributed by atoms with Crippen molar-refractivity contribution in [3.05, 3.63) is 48.2 Å². The predicted molar refractivity (Wildman–Crippen MR) is 125 cm³/mol. The molecule has 0 aliphatic carbocycles. The van der Waals surface area contributed by atoms with E-state index in [9.17, 15) is 31.4 Å². The van der Waals surface area contributed by atoms with E-state index in [2.05, 4.69) is 9.97 Å². The molecule has 14 heteroatoms. The number of aromatic nitrogens is 3. The highest BCUT2D eigenvalue weighted by atomic mass is 19.4. The van der Waals surface area contributed by atoms with Crippen LogP contribution < -0.4 is 10.6 Å². The van der Waals surface area contributed by atoms with Crippen LogP contribution in [0.5, 0.6) is 0 Å². The monoisotopic (exact) mass is 529 g/mol. The summed E-state index contributed by atoms with van der Waals surface area (Å²) in [6.45, 7) is 0.0876. The normalized spacial score (nSPS) is 11.9. The van der Waals surface area contributed by atoms with Crippen LogP contribution in [0.4, 0.5) is 38.1 Å². The molecule has 0 fully saturated rings. The maximum Gasteiger partial charge on any atom is 0.490 e. The molecule has 0 aliphatic heterocycles. The number of carboxylic acids is 1. The van der Waals surface area contributed by atoms with Crippen LogP contribution in [0.1, 0.15) is 5.56 Å². The maximum atomic E-state index is 13.8. The molecule has 4 rings (SSSR count). The lowest BCUT2D eigenvalue weighted by Crippen LogP contribution is -2.21. The van der Waals surface area contributed by atoms with Crippen LogP contribution >= 0.6 is 0 Å². The average molecular weight is 529 g/mol. The summed E-state index contributed by atoms with van der Waals surface area (Å²) in [7, 11) is 3.62. The fourth-order valence-electron chi connectivity index (χ4n) is 3.81. The summed E-state index contributed by atoms with van der Waals surface area (Å²) in [6.07, 6.45) is -7.86. The van der Waals surface area contributed by atoms with E-state index < -0.39 is 23.9 Å². The molecular formula is C23H21F6N5O3. The van der Waals surface area contributed by atoms with Gasteiger partial charge in [-0.15, -0.1) is 0 Å². The Balaban J connectivity index is 0.000000479. The smallest absolute Gasteiger partial charge is 0.475 e. The molecule has 8 nitrogen and oxygen atoms in total. The van der Waals surface area contributed by atoms with Gasteiger partial charge in [0.25, 0.3) is 0 Å². The van der Waals surface area contributed by atoms with Crippen LogP contribution in [0.25, 0.3) is 32.9 Å². The quantitative estimate of drug-likeness (QED) is 0.332. The highest BCUT2D eigenvalue weighted by molar-refractivity contribution is 6.16. The molecule has 198 valence electrons. The van der Waals surface area contributed by atoms with E-state index in [-0.39, 0.29) is 24.7 Å². The van der Waals surface area contributed by atoms with E-state index in [1.807, 2.05) is 14.1 Å². The number of nitrogen functional groups attached to an aromatic ring is 1. The molecule has 0 radical (unpaired) electrons. The summed E-state index contributed by atoms with van der Waals surface area (Å²) in [5.74, 6) is -2.15. The standard InChI is InChI=1S/C21H20F3N5O.C2HF3O2/c1-28(2)19-17-13-7-8-29(9-10-30)18(13)14(11-16(17)26-20(25)27-19)12-5-3-4-6-15(12)21(22,23)24;3-2(4,5)1(6)7/h3-8,11,30H,9-10H2,1-2H3,(H2,25,26,27);(H,6,7). The van der Waals surface area contributed by atoms with Crippen LogP contribution in [0, 0.1) is 0 Å². The summed E-state index contributed by atoms with van der Waals surface area (Å²) < 4.78 is 74.8. The van der Waals surface area contributed by atoms with E-state index in [0.29, 0.717) is 33.2 Å². The number of hydrogen-bond donors (Lipinski definition) is 3. The molecule has 0 amide bonds. The Morgan fingerprint density at radius 3 is 2.22 bits per heavy atom. The second kappa shape index (κ2) is 10.1. The van der Waals surface area contributed by atoms with Gasteiger partial charge in [-0.05, 0) is 23.8 Å². The maximum absolute atomic E-state index is 13.8. The van der Waals surface area contributed by atoms with Crippen LogP contribution in [0.2, 0.25) is 0 Å². The van der Waals surface area contributed by atoms with E-state index in [4.69, 9.17) is 15.6 Å². The van der Waals surface area contributed by atoms with Crippen LogP contribution in [0.3, 0.4) is 0 Å². The topological polar surface area (TPSA) is 118 Å². The lowest BCUT2D eigenvalue weighted by Gasteiger charge is -2.19. The minimum absolute atomic E-state index is 0.0374. The van der Waals surface area contributed by atoms with Gasteiger partial charge in [0.1, 0.15) is 5.82 Å². The number of nitrogens with zero attached hydrogens (tertiary/aromatic N) is 4. The van der Waals surface area contributed by atoms with Crippen molar-refractivity contribution in [2.45, 2.75) is 18.9 Å². The number of carboxylic acid groups (broad SMARTS) is 1. The van der Waals surface area contributed by atoms with Crippen molar-refractivity contribution in [1.82, 2.24) is 14.5 Å². The number of nitrogens with two attached hydrogens (primary N) is 1. The lowest BCUT2D eigenvalue weighted by molar-refractivity contribution is -0.192. The van der Waals surface area contributed by atoms with E-state index >= 15 is 0 Å². The minimum atomic E-state index is -5.08. The third-order valence-corrected chi connectivity index (χ3v) is 5.23. The zero-order valence-electron chi connectivity index (χ0n) is 19.4. The molecule has 2 aromatic carbocycles. The lowest BCUT2D eigenvalue weighted by atomic mass is 9.95. The zero-order valence-corrected chi connectivity index (χ0v) is 19.4. The average Bonchev–Trinajstić information content (AvgIpc) is 3.21. The molecule has 4 aromatic rings. The number of hydrogen-bond acceptors (Lipinski definition) is 6. The number of rotatable bonds is 4. The Kier molecular flexibility index (Phi) is 7.53. The van der Waals surface area contributed by atoms with Gasteiger partial charge in [-0.3, -0.25) is 0 Å². The first kappa shape index (κ1) is 27.5. The summed E-state index contributed by atoms with van der Waals surface area (Å²) >= 11 is 0. The van der Waals surface area contributed by atoms with Gasteiger partial charge in [-0.25, -0.2) is 9.78 Å². The Labute approximate surface area is 205 Å². The number of halogens is 6. The fourth-order valence-corrected chi connectivity index (χ4v) is 3.81. The van der Waals surface area contributed by atoms with Gasteiger partial charge in [0.05, 0.1) is 28.6 Å². The van der Waals surface area contributed by atoms with E-state index in [0.717, 1.165) is 6.07 Å². The summed E-state index contributed by atoms with van der Waals surface area (Å²) in [6, 6.07) is 8.85. The SMILES string of the molecule is CN(C)c1nc(N)nc2cc(-c3ccccc3C(F)(F)F)c3c(ccn3CCO)c12.O=C(O)C(F)(F)F. The number of aliphatic hydroxyl groups excluding tert-OH is 1. The number of aliphatic carboxylic acids is 1. The first-order valence-electron chi connectivity index (χ1n) is 10.5. The van der Waals surface area contributed by atoms with Gasteiger partial charge in [0, 0.05) is 37.8 Å². The van der Waals surface area contributed by atoms with Crippen molar-refractivity contribution in [2.75, 3.05) is 31.3 Å². The summed E-state index contributed by atoms with van der Waals surface area (Å²) in [5, 5.41) is 18.0. The minimum Gasteiger partial charge on any atom is -0.475 e. The zero-order chi connectivity index (χ0) is 27.7. The molecule has 4 N–H and O–H groups in total. The largest absolute Gasteiger partial charge is 0.490 e. The molecule has 37 heavy (non-hydrogen) atoms. The number of aliphatic hydroxyl groups is 1. The summed E-state index contributed by atoms with van der Waals surface area (Å²) in [4.78, 5) is 19.3. The molecule has 2 aromatic heterocycles. The molecule has 0 aliphatic rings. The fraction of sp³-hybridized carbons (Fsp3) is 0.261. The molecule has 0 atom stereocenters. The van der Waals surface area contributed by atoms with Crippen molar-refractivity contribution in [2.24, 2.45) is 0 Å². The molecule has 2 heterocycles. The third-order valence-electron chi connectivity index (χ3n) is 5.23. The first-order chi connectivity index (χ1) is 17.2. The number of fused-ring (bicyclic) bond motifs is 3. The van der Waals surface area contributed by atoms with E-state index in [1.165, 1.54) is 12.1 Å². The highest BCUT2D eigenvalue weighted by Crippen LogP contribution is 2.43. The van der Waals surface area contributed by atoms with E-state index in [1.54, 1.807) is 33.9 Å². The van der Waals surface area contributed by atoms with Crippen LogP contribution in [-0.2, 0) is 17.5 Å². The highest BCUT2D eigenvalue weighted by Gasteiger charge is 2.38. The van der Waals surface area contributed by atoms with Gasteiger partial charge >= 0.3 is 18.3 Å². The number of carbonyl (C=O) groups is 1. The van der Waals surface area contributed by atoms with Gasteiger partial charge in [-0.2, -0.15) is 31.3 Å². The number of alkyl halides is 6. The van der Waals surface area contributed by atoms with Crippen molar-refractivity contribution in [1.29, 1.82) is 0 Å². The van der Waals surface area contributed by atoms with Gasteiger partial charge in [-0.1, -0.05) is 18.2 Å². The van der Waals surface area contributed by atoms with Gasteiger partial charge in [0.15, 0.2) is 0 Å². The van der Waals surface area contributed by atoms with Crippen molar-refractivity contribution >= 4 is 39.5 Å². The molecule has 0 saturated heterocycles. The second-order valence-corrected chi connectivity index (χ2v) is 7.96. The molecule has 0 saturated carbocycles. The van der Waals surface area contributed by atoms with Gasteiger partial charge in [0.2, 0.25) is 5.95 Å². The van der Waals surface area contributed by atoms with Crippen molar-refractivity contribution in [3.8, 4) is 11.1 Å². The van der Waals surface area contributed by atoms with Crippen LogP contribution in [0.15, 0.2) is 42.6 Å². The molecule has 0 bridgehead atoms.